The molecule has 1 aromatic heterocycles. The summed E-state index contributed by atoms with van der Waals surface area (Å²) in [6.45, 7) is 0.941. The Morgan fingerprint density at radius 3 is 2.96 bits per heavy atom. The number of aromatic nitrogens is 2. The number of nitrogens with one attached hydrogen (secondary N) is 2. The van der Waals surface area contributed by atoms with Crippen LogP contribution in [0.25, 0.3) is 11.0 Å². The number of halogens is 1. The van der Waals surface area contributed by atoms with Gasteiger partial charge >= 0.3 is 0 Å². The molecule has 2 aromatic carbocycles. The Morgan fingerprint density at radius 2 is 2.08 bits per heavy atom. The van der Waals surface area contributed by atoms with E-state index in [1.165, 1.54) is 0 Å². The number of hydrogen-bond acceptors (Lipinski definition) is 4. The molecule has 0 saturated carbocycles. The summed E-state index contributed by atoms with van der Waals surface area (Å²) in [4.78, 5) is 19.6. The van der Waals surface area contributed by atoms with Gasteiger partial charge in [0.2, 0.25) is 11.9 Å². The third-order valence-corrected chi connectivity index (χ3v) is 3.95. The molecule has 4 rings (SSSR count). The van der Waals surface area contributed by atoms with Crippen molar-refractivity contribution in [1.29, 1.82) is 0 Å². The molecule has 1 amide bonds. The first-order valence-electron chi connectivity index (χ1n) is 7.52. The van der Waals surface area contributed by atoms with Gasteiger partial charge in [0.25, 0.3) is 0 Å². The second-order valence-electron chi connectivity index (χ2n) is 5.43. The number of aromatic amines is 1. The summed E-state index contributed by atoms with van der Waals surface area (Å²) in [7, 11) is 0. The molecule has 0 aliphatic carbocycles. The van der Waals surface area contributed by atoms with Crippen LogP contribution in [-0.2, 0) is 11.2 Å². The molecule has 6 nitrogen and oxygen atoms in total. The molecular weight excluding hydrogens is 330 g/mol. The van der Waals surface area contributed by atoms with Gasteiger partial charge in [-0.2, -0.15) is 0 Å². The Hall–Kier alpha value is -2.73. The van der Waals surface area contributed by atoms with Crippen molar-refractivity contribution in [2.24, 2.45) is 0 Å². The lowest BCUT2D eigenvalue weighted by Crippen LogP contribution is -2.18. The maximum Gasteiger partial charge on any atom is 0.231 e. The van der Waals surface area contributed by atoms with Gasteiger partial charge in [-0.3, -0.25) is 10.1 Å². The number of ether oxygens (including phenoxy) is 2. The third-order valence-electron chi connectivity index (χ3n) is 3.67. The number of amides is 1. The van der Waals surface area contributed by atoms with Gasteiger partial charge in [0.05, 0.1) is 22.5 Å². The Morgan fingerprint density at radius 1 is 1.25 bits per heavy atom. The van der Waals surface area contributed by atoms with E-state index in [0.29, 0.717) is 35.7 Å². The Kier molecular flexibility index (Phi) is 3.74. The van der Waals surface area contributed by atoms with Crippen molar-refractivity contribution in [1.82, 2.24) is 9.97 Å². The van der Waals surface area contributed by atoms with Crippen LogP contribution in [0.3, 0.4) is 0 Å². The molecule has 24 heavy (non-hydrogen) atoms. The van der Waals surface area contributed by atoms with Gasteiger partial charge in [0.15, 0.2) is 11.5 Å². The fourth-order valence-corrected chi connectivity index (χ4v) is 2.93. The van der Waals surface area contributed by atoms with Crippen molar-refractivity contribution in [2.45, 2.75) is 6.42 Å². The van der Waals surface area contributed by atoms with Crippen LogP contribution in [0, 0.1) is 0 Å². The molecule has 122 valence electrons. The van der Waals surface area contributed by atoms with Crippen LogP contribution in [0.2, 0.25) is 5.02 Å². The zero-order chi connectivity index (χ0) is 16.5. The van der Waals surface area contributed by atoms with Gasteiger partial charge < -0.3 is 14.5 Å². The molecule has 0 spiro atoms. The largest absolute Gasteiger partial charge is 0.486 e. The van der Waals surface area contributed by atoms with E-state index in [0.717, 1.165) is 16.6 Å². The molecule has 1 aliphatic heterocycles. The number of imidazole rings is 1. The molecule has 3 aromatic rings. The van der Waals surface area contributed by atoms with E-state index in [4.69, 9.17) is 21.1 Å². The zero-order valence-corrected chi connectivity index (χ0v) is 13.4. The first-order chi connectivity index (χ1) is 11.7. The molecular formula is C17H14ClN3O3. The molecule has 2 N–H and O–H groups in total. The minimum atomic E-state index is -0.193. The van der Waals surface area contributed by atoms with E-state index in [1.807, 2.05) is 24.3 Å². The Balaban J connectivity index is 1.50. The fourth-order valence-electron chi connectivity index (χ4n) is 2.64. The average Bonchev–Trinajstić information content (AvgIpc) is 2.96. The highest BCUT2D eigenvalue weighted by Crippen LogP contribution is 2.38. The smallest absolute Gasteiger partial charge is 0.231 e. The standard InChI is InChI=1S/C17H14ClN3O3/c18-11-7-10(8-14-16(11)24-6-5-23-14)9-15(22)21-17-19-12-3-1-2-4-13(12)20-17/h1-4,7-8H,5-6,9H2,(H2,19,20,21,22). The van der Waals surface area contributed by atoms with E-state index in [9.17, 15) is 4.79 Å². The number of benzene rings is 2. The minimum Gasteiger partial charge on any atom is -0.486 e. The third kappa shape index (κ3) is 2.88. The van der Waals surface area contributed by atoms with Crippen LogP contribution in [0.1, 0.15) is 5.56 Å². The summed E-state index contributed by atoms with van der Waals surface area (Å²) in [5.41, 5.74) is 2.42. The first-order valence-corrected chi connectivity index (χ1v) is 7.89. The van der Waals surface area contributed by atoms with Crippen molar-refractivity contribution in [3.63, 3.8) is 0 Å². The van der Waals surface area contributed by atoms with E-state index in [2.05, 4.69) is 15.3 Å². The van der Waals surface area contributed by atoms with Crippen molar-refractivity contribution in [2.75, 3.05) is 18.5 Å². The SMILES string of the molecule is O=C(Cc1cc(Cl)c2c(c1)OCCO2)Nc1nc2ccccc2[nH]1. The number of carbonyl (C=O) groups excluding carboxylic acids is 1. The van der Waals surface area contributed by atoms with E-state index in [1.54, 1.807) is 12.1 Å². The number of para-hydroxylation sites is 2. The summed E-state index contributed by atoms with van der Waals surface area (Å²) in [5.74, 6) is 1.33. The highest BCUT2D eigenvalue weighted by molar-refractivity contribution is 6.32. The lowest BCUT2D eigenvalue weighted by atomic mass is 10.1. The lowest BCUT2D eigenvalue weighted by molar-refractivity contribution is -0.115. The number of anilines is 1. The van der Waals surface area contributed by atoms with Gasteiger partial charge in [0, 0.05) is 0 Å². The van der Waals surface area contributed by atoms with Crippen molar-refractivity contribution in [3.8, 4) is 11.5 Å². The molecule has 2 heterocycles. The van der Waals surface area contributed by atoms with Crippen LogP contribution in [0.5, 0.6) is 11.5 Å². The predicted octanol–water partition coefficient (Wildman–Crippen LogP) is 3.17. The number of hydrogen-bond donors (Lipinski definition) is 2. The Labute approximate surface area is 142 Å². The fraction of sp³-hybridized carbons (Fsp3) is 0.176. The van der Waals surface area contributed by atoms with E-state index >= 15 is 0 Å². The molecule has 0 fully saturated rings. The van der Waals surface area contributed by atoms with Gasteiger partial charge in [-0.25, -0.2) is 4.98 Å². The van der Waals surface area contributed by atoms with Crippen molar-refractivity contribution >= 4 is 34.5 Å². The van der Waals surface area contributed by atoms with Crippen LogP contribution in [0.4, 0.5) is 5.95 Å². The molecule has 7 heteroatoms. The average molecular weight is 344 g/mol. The van der Waals surface area contributed by atoms with Gasteiger partial charge in [-0.1, -0.05) is 23.7 Å². The second-order valence-corrected chi connectivity index (χ2v) is 5.84. The minimum absolute atomic E-state index is 0.160. The number of rotatable bonds is 3. The predicted molar refractivity (Wildman–Crippen MR) is 90.9 cm³/mol. The molecule has 0 bridgehead atoms. The summed E-state index contributed by atoms with van der Waals surface area (Å²) in [6, 6.07) is 11.1. The van der Waals surface area contributed by atoms with Gasteiger partial charge in [-0.05, 0) is 29.8 Å². The maximum atomic E-state index is 12.3. The van der Waals surface area contributed by atoms with E-state index in [-0.39, 0.29) is 12.3 Å². The summed E-state index contributed by atoms with van der Waals surface area (Å²) < 4.78 is 11.0. The second kappa shape index (κ2) is 6.05. The molecule has 0 atom stereocenters. The molecule has 0 unspecified atom stereocenters. The lowest BCUT2D eigenvalue weighted by Gasteiger charge is -2.20. The van der Waals surface area contributed by atoms with Crippen LogP contribution < -0.4 is 14.8 Å². The number of nitrogens with zero attached hydrogens (tertiary/aromatic N) is 1. The van der Waals surface area contributed by atoms with Crippen LogP contribution in [0.15, 0.2) is 36.4 Å². The number of fused-ring (bicyclic) bond motifs is 2. The zero-order valence-electron chi connectivity index (χ0n) is 12.6. The summed E-state index contributed by atoms with van der Waals surface area (Å²) in [6.07, 6.45) is 0.160. The molecule has 0 radical (unpaired) electrons. The molecule has 1 aliphatic rings. The van der Waals surface area contributed by atoms with Crippen molar-refractivity contribution in [3.05, 3.63) is 47.0 Å². The van der Waals surface area contributed by atoms with Crippen LogP contribution >= 0.6 is 11.6 Å². The number of H-pyrrole nitrogens is 1. The van der Waals surface area contributed by atoms with Gasteiger partial charge in [0.1, 0.15) is 13.2 Å². The topological polar surface area (TPSA) is 76.2 Å². The Bertz CT molecular complexity index is 890. The first kappa shape index (κ1) is 14.8. The van der Waals surface area contributed by atoms with E-state index < -0.39 is 0 Å². The summed E-state index contributed by atoms with van der Waals surface area (Å²) in [5, 5.41) is 3.20. The van der Waals surface area contributed by atoms with Crippen molar-refractivity contribution < 1.29 is 14.3 Å². The van der Waals surface area contributed by atoms with Gasteiger partial charge in [-0.15, -0.1) is 0 Å². The highest BCUT2D eigenvalue weighted by atomic mass is 35.5. The summed E-state index contributed by atoms with van der Waals surface area (Å²) >= 11 is 6.19. The van der Waals surface area contributed by atoms with Crippen LogP contribution in [-0.4, -0.2) is 29.1 Å². The monoisotopic (exact) mass is 343 g/mol. The number of carbonyl (C=O) groups is 1. The quantitative estimate of drug-likeness (QED) is 0.766. The maximum absolute atomic E-state index is 12.3. The molecule has 0 saturated heterocycles. The highest BCUT2D eigenvalue weighted by Gasteiger charge is 2.18. The normalized spacial score (nSPS) is 13.0.